The number of carboxylic acids is 1. The predicted octanol–water partition coefficient (Wildman–Crippen LogP) is -1.79. The molecule has 1 unspecified atom stereocenters. The molecule has 6 heteroatoms. The fraction of sp³-hybridized carbons (Fsp3) is 0.417. The van der Waals surface area contributed by atoms with Gasteiger partial charge < -0.3 is 9.90 Å². The second-order valence-corrected chi connectivity index (χ2v) is 4.17. The van der Waals surface area contributed by atoms with Crippen LogP contribution < -0.4 is 34.7 Å². The Labute approximate surface area is 128 Å². The molecule has 0 radical (unpaired) electrons. The van der Waals surface area contributed by atoms with Gasteiger partial charge in [0, 0.05) is 6.54 Å². The summed E-state index contributed by atoms with van der Waals surface area (Å²) in [6.07, 6.45) is 1.39. The Morgan fingerprint density at radius 2 is 2.06 bits per heavy atom. The first-order valence-electron chi connectivity index (χ1n) is 5.62. The second kappa shape index (κ2) is 6.87. The molecule has 0 aliphatic carbocycles. The van der Waals surface area contributed by atoms with Gasteiger partial charge in [-0.05, 0) is 31.9 Å². The summed E-state index contributed by atoms with van der Waals surface area (Å²) < 4.78 is 0. The van der Waals surface area contributed by atoms with Crippen molar-refractivity contribution in [1.29, 1.82) is 0 Å². The van der Waals surface area contributed by atoms with Crippen molar-refractivity contribution >= 4 is 11.7 Å². The normalized spacial score (nSPS) is 18.9. The van der Waals surface area contributed by atoms with Gasteiger partial charge in [0.25, 0.3) is 0 Å². The average molecular weight is 255 g/mol. The van der Waals surface area contributed by atoms with Crippen molar-refractivity contribution in [3.05, 3.63) is 29.8 Å². The third-order valence-corrected chi connectivity index (χ3v) is 2.81. The molecule has 0 bridgehead atoms. The van der Waals surface area contributed by atoms with Crippen LogP contribution in [0.5, 0.6) is 0 Å². The molecular formula is C12H14N3NaO2. The first kappa shape index (κ1) is 15.1. The first-order chi connectivity index (χ1) is 8.16. The van der Waals surface area contributed by atoms with Crippen molar-refractivity contribution in [1.82, 2.24) is 5.01 Å². The molecule has 1 fully saturated rings. The van der Waals surface area contributed by atoms with Gasteiger partial charge in [0.15, 0.2) is 0 Å². The summed E-state index contributed by atoms with van der Waals surface area (Å²) in [7, 11) is 0. The Morgan fingerprint density at radius 3 is 2.67 bits per heavy atom. The zero-order valence-corrected chi connectivity index (χ0v) is 12.7. The number of aryl methyl sites for hydroxylation is 1. The van der Waals surface area contributed by atoms with E-state index in [-0.39, 0.29) is 29.6 Å². The topological polar surface area (TPSA) is 68.1 Å². The number of benzene rings is 1. The third kappa shape index (κ3) is 3.80. The van der Waals surface area contributed by atoms with E-state index < -0.39 is 12.0 Å². The van der Waals surface area contributed by atoms with Crippen LogP contribution in [0.2, 0.25) is 0 Å². The van der Waals surface area contributed by atoms with Crippen LogP contribution in [0.1, 0.15) is 18.4 Å². The molecule has 0 spiro atoms. The minimum Gasteiger partial charge on any atom is -0.548 e. The summed E-state index contributed by atoms with van der Waals surface area (Å²) in [5, 5.41) is 20.3. The maximum Gasteiger partial charge on any atom is 1.00 e. The van der Waals surface area contributed by atoms with E-state index in [0.717, 1.165) is 17.7 Å². The second-order valence-electron chi connectivity index (χ2n) is 4.17. The Kier molecular flexibility index (Phi) is 5.78. The van der Waals surface area contributed by atoms with Crippen LogP contribution in [0, 0.1) is 6.92 Å². The molecule has 0 N–H and O–H groups in total. The number of hydrogen-bond donors (Lipinski definition) is 0. The SMILES string of the molecule is Cc1ccc(N=NN2CCCC2C(=O)[O-])cc1.[Na+]. The van der Waals surface area contributed by atoms with Gasteiger partial charge in [0.2, 0.25) is 0 Å². The van der Waals surface area contributed by atoms with Gasteiger partial charge in [-0.1, -0.05) is 22.9 Å². The van der Waals surface area contributed by atoms with E-state index in [1.54, 1.807) is 0 Å². The van der Waals surface area contributed by atoms with Crippen LogP contribution in [-0.2, 0) is 4.79 Å². The molecular weight excluding hydrogens is 241 g/mol. The van der Waals surface area contributed by atoms with Gasteiger partial charge in [-0.25, -0.2) is 0 Å². The van der Waals surface area contributed by atoms with Gasteiger partial charge in [0.05, 0.1) is 17.7 Å². The maximum absolute atomic E-state index is 10.8. The minimum atomic E-state index is -1.08. The summed E-state index contributed by atoms with van der Waals surface area (Å²) >= 11 is 0. The zero-order chi connectivity index (χ0) is 12.3. The van der Waals surface area contributed by atoms with E-state index in [0.29, 0.717) is 13.0 Å². The monoisotopic (exact) mass is 255 g/mol. The van der Waals surface area contributed by atoms with Crippen LogP contribution in [-0.4, -0.2) is 23.6 Å². The Morgan fingerprint density at radius 1 is 1.39 bits per heavy atom. The number of aliphatic carboxylic acids is 1. The molecule has 5 nitrogen and oxygen atoms in total. The van der Waals surface area contributed by atoms with Crippen molar-refractivity contribution in [3.63, 3.8) is 0 Å². The summed E-state index contributed by atoms with van der Waals surface area (Å²) in [5.41, 5.74) is 1.87. The van der Waals surface area contributed by atoms with E-state index in [4.69, 9.17) is 0 Å². The van der Waals surface area contributed by atoms with Crippen LogP contribution in [0.15, 0.2) is 34.6 Å². The molecule has 1 aliphatic rings. The van der Waals surface area contributed by atoms with Crippen LogP contribution >= 0.6 is 0 Å². The Balaban J connectivity index is 0.00000162. The molecule has 0 saturated carbocycles. The van der Waals surface area contributed by atoms with Gasteiger partial charge >= 0.3 is 29.6 Å². The maximum atomic E-state index is 10.8. The van der Waals surface area contributed by atoms with Gasteiger partial charge in [0.1, 0.15) is 0 Å². The predicted molar refractivity (Wildman–Crippen MR) is 60.4 cm³/mol. The molecule has 0 amide bonds. The number of hydrogen-bond acceptors (Lipinski definition) is 4. The molecule has 1 heterocycles. The number of carbonyl (C=O) groups is 1. The minimum absolute atomic E-state index is 0. The molecule has 1 aromatic carbocycles. The van der Waals surface area contributed by atoms with Crippen molar-refractivity contribution in [2.75, 3.05) is 6.54 Å². The molecule has 18 heavy (non-hydrogen) atoms. The van der Waals surface area contributed by atoms with Gasteiger partial charge in [-0.15, -0.1) is 5.11 Å². The van der Waals surface area contributed by atoms with E-state index in [2.05, 4.69) is 10.3 Å². The van der Waals surface area contributed by atoms with Crippen LogP contribution in [0.3, 0.4) is 0 Å². The van der Waals surface area contributed by atoms with Crippen molar-refractivity contribution in [2.45, 2.75) is 25.8 Å². The van der Waals surface area contributed by atoms with E-state index in [1.807, 2.05) is 31.2 Å². The van der Waals surface area contributed by atoms with Crippen molar-refractivity contribution in [2.24, 2.45) is 10.3 Å². The molecule has 1 atom stereocenters. The van der Waals surface area contributed by atoms with Gasteiger partial charge in [-0.2, -0.15) is 0 Å². The zero-order valence-electron chi connectivity index (χ0n) is 10.7. The summed E-state index contributed by atoms with van der Waals surface area (Å²) in [6.45, 7) is 2.61. The molecule has 2 rings (SSSR count). The standard InChI is InChI=1S/C12H15N3O2.Na/c1-9-4-6-10(7-5-9)13-14-15-8-2-3-11(15)12(16)17;/h4-7,11H,2-3,8H2,1H3,(H,16,17);/q;+1/p-1. The van der Waals surface area contributed by atoms with E-state index in [1.165, 1.54) is 5.01 Å². The van der Waals surface area contributed by atoms with Crippen molar-refractivity contribution < 1.29 is 39.5 Å². The number of carbonyl (C=O) groups excluding carboxylic acids is 1. The smallest absolute Gasteiger partial charge is 0.548 e. The third-order valence-electron chi connectivity index (χ3n) is 2.81. The largest absolute Gasteiger partial charge is 1.00 e. The van der Waals surface area contributed by atoms with Crippen LogP contribution in [0.4, 0.5) is 5.69 Å². The Bertz CT molecular complexity index is 433. The fourth-order valence-electron chi connectivity index (χ4n) is 1.82. The molecule has 1 aromatic rings. The summed E-state index contributed by atoms with van der Waals surface area (Å²) in [4.78, 5) is 10.8. The summed E-state index contributed by atoms with van der Waals surface area (Å²) in [6, 6.07) is 6.94. The van der Waals surface area contributed by atoms with Gasteiger partial charge in [-0.3, -0.25) is 5.01 Å². The number of rotatable bonds is 3. The molecule has 1 aliphatic heterocycles. The number of nitrogens with zero attached hydrogens (tertiary/aromatic N) is 3. The number of carboxylic acid groups (broad SMARTS) is 1. The molecule has 0 aromatic heterocycles. The fourth-order valence-corrected chi connectivity index (χ4v) is 1.82. The van der Waals surface area contributed by atoms with Crippen LogP contribution in [0.25, 0.3) is 0 Å². The Hall–Kier alpha value is -0.910. The quantitative estimate of drug-likeness (QED) is 0.473. The summed E-state index contributed by atoms with van der Waals surface area (Å²) in [5.74, 6) is -1.08. The molecule has 90 valence electrons. The molecule has 1 saturated heterocycles. The van der Waals surface area contributed by atoms with Crippen molar-refractivity contribution in [3.8, 4) is 0 Å². The van der Waals surface area contributed by atoms with E-state index in [9.17, 15) is 9.90 Å². The average Bonchev–Trinajstić information content (AvgIpc) is 2.76. The first-order valence-corrected chi connectivity index (χ1v) is 5.62. The van der Waals surface area contributed by atoms with E-state index >= 15 is 0 Å².